The van der Waals surface area contributed by atoms with Gasteiger partial charge in [0.25, 0.3) is 0 Å². The summed E-state index contributed by atoms with van der Waals surface area (Å²) in [5.74, 6) is -0.410. The summed E-state index contributed by atoms with van der Waals surface area (Å²) in [7, 11) is 0. The van der Waals surface area contributed by atoms with E-state index in [4.69, 9.17) is 0 Å². The van der Waals surface area contributed by atoms with Gasteiger partial charge in [-0.15, -0.1) is 0 Å². The topological polar surface area (TPSA) is 77.8 Å². The van der Waals surface area contributed by atoms with Crippen molar-refractivity contribution in [1.82, 2.24) is 0 Å². The van der Waals surface area contributed by atoms with E-state index in [1.165, 1.54) is 12.8 Å². The molecule has 1 unspecified atom stereocenters. The maximum absolute atomic E-state index is 11.9. The highest BCUT2D eigenvalue weighted by Crippen LogP contribution is 2.52. The van der Waals surface area contributed by atoms with E-state index in [0.717, 1.165) is 12.8 Å². The molecule has 4 nitrogen and oxygen atoms in total. The van der Waals surface area contributed by atoms with Crippen molar-refractivity contribution in [2.45, 2.75) is 63.3 Å². The average Bonchev–Trinajstić information content (AvgIpc) is 3.01. The molecule has 0 aromatic rings. The van der Waals surface area contributed by atoms with Crippen LogP contribution in [0.2, 0.25) is 0 Å². The Morgan fingerprint density at radius 3 is 2.62 bits per heavy atom. The molecule has 0 saturated heterocycles. The van der Waals surface area contributed by atoms with Crippen LogP contribution in [0, 0.1) is 23.7 Å². The second-order valence-electron chi connectivity index (χ2n) is 7.21. The molecule has 4 heteroatoms. The van der Waals surface area contributed by atoms with Crippen LogP contribution >= 0.6 is 0 Å². The van der Waals surface area contributed by atoms with Crippen molar-refractivity contribution in [2.75, 3.05) is 0 Å². The van der Waals surface area contributed by atoms with Gasteiger partial charge in [-0.3, -0.25) is 4.79 Å². The van der Waals surface area contributed by atoms with Crippen molar-refractivity contribution in [2.24, 2.45) is 23.7 Å². The van der Waals surface area contributed by atoms with E-state index in [0.29, 0.717) is 18.8 Å². The first-order valence-electron chi connectivity index (χ1n) is 8.26. The summed E-state index contributed by atoms with van der Waals surface area (Å²) in [5.41, 5.74) is -1.24. The lowest BCUT2D eigenvalue weighted by atomic mass is 9.50. The third-order valence-electron chi connectivity index (χ3n) is 6.02. The molecule has 0 heterocycles. The molecule has 0 radical (unpaired) electrons. The highest BCUT2D eigenvalue weighted by molar-refractivity contribution is 5.96. The van der Waals surface area contributed by atoms with Crippen molar-refractivity contribution in [1.29, 1.82) is 0 Å². The second kappa shape index (κ2) is 5.49. The lowest BCUT2D eigenvalue weighted by molar-refractivity contribution is -0.197. The van der Waals surface area contributed by atoms with E-state index in [1.807, 2.05) is 13.0 Å². The van der Waals surface area contributed by atoms with Gasteiger partial charge in [0.2, 0.25) is 0 Å². The Hall–Kier alpha value is -0.710. The average molecular weight is 294 g/mol. The Kier molecular flexibility index (Phi) is 3.97. The van der Waals surface area contributed by atoms with Crippen LogP contribution in [0.5, 0.6) is 0 Å². The fraction of sp³-hybridized carbons (Fsp3) is 0.824. The summed E-state index contributed by atoms with van der Waals surface area (Å²) < 4.78 is 0. The number of Topliss-reactive ketones (excluding diaryl/α,β-unsaturated/α-hetero) is 1. The van der Waals surface area contributed by atoms with Gasteiger partial charge in [0.15, 0.2) is 5.78 Å². The van der Waals surface area contributed by atoms with Gasteiger partial charge in [-0.1, -0.05) is 31.9 Å². The summed E-state index contributed by atoms with van der Waals surface area (Å²) in [5, 5.41) is 30.9. The van der Waals surface area contributed by atoms with E-state index in [2.05, 4.69) is 0 Å². The highest BCUT2D eigenvalue weighted by atomic mass is 16.3. The fourth-order valence-corrected chi connectivity index (χ4v) is 4.73. The smallest absolute Gasteiger partial charge is 0.167 e. The Labute approximate surface area is 125 Å². The van der Waals surface area contributed by atoms with Crippen LogP contribution in [0.15, 0.2) is 12.2 Å². The Morgan fingerprint density at radius 1 is 1.29 bits per heavy atom. The molecular weight excluding hydrogens is 268 g/mol. The molecule has 0 spiro atoms. The third kappa shape index (κ3) is 2.37. The first-order chi connectivity index (χ1) is 9.95. The quantitative estimate of drug-likeness (QED) is 0.688. The van der Waals surface area contributed by atoms with Crippen molar-refractivity contribution >= 4 is 5.78 Å². The van der Waals surface area contributed by atoms with Crippen molar-refractivity contribution in [3.63, 3.8) is 0 Å². The Bertz CT molecular complexity index is 440. The molecule has 21 heavy (non-hydrogen) atoms. The maximum atomic E-state index is 11.9. The molecule has 0 aromatic heterocycles. The summed E-state index contributed by atoms with van der Waals surface area (Å²) >= 11 is 0. The minimum absolute atomic E-state index is 0.0888. The number of hydrogen-bond donors (Lipinski definition) is 3. The van der Waals surface area contributed by atoms with Crippen LogP contribution in [0.4, 0.5) is 0 Å². The number of aliphatic hydroxyl groups excluding tert-OH is 2. The summed E-state index contributed by atoms with van der Waals surface area (Å²) in [6.07, 6.45) is 7.90. The van der Waals surface area contributed by atoms with Gasteiger partial charge in [0.1, 0.15) is 5.60 Å². The predicted octanol–water partition coefficient (Wildman–Crippen LogP) is 1.43. The van der Waals surface area contributed by atoms with E-state index in [1.54, 1.807) is 6.08 Å². The number of aliphatic hydroxyl groups is 3. The SMILES string of the molecule is CC1C(=O)[C@@]2(O)CC[C@@H](O)[C@H](C=C[C@@H](O)C3CCCC3)[C@@H]12. The van der Waals surface area contributed by atoms with Crippen molar-refractivity contribution in [3.8, 4) is 0 Å². The molecule has 0 bridgehead atoms. The van der Waals surface area contributed by atoms with Crippen LogP contribution in [-0.4, -0.2) is 38.9 Å². The number of carbonyl (C=O) groups is 1. The van der Waals surface area contributed by atoms with E-state index in [9.17, 15) is 20.1 Å². The van der Waals surface area contributed by atoms with Gasteiger partial charge in [0, 0.05) is 17.8 Å². The Balaban J connectivity index is 1.72. The normalized spacial score (nSPS) is 45.6. The van der Waals surface area contributed by atoms with E-state index in [-0.39, 0.29) is 23.5 Å². The van der Waals surface area contributed by atoms with Gasteiger partial charge in [-0.05, 0) is 31.6 Å². The largest absolute Gasteiger partial charge is 0.393 e. The van der Waals surface area contributed by atoms with Gasteiger partial charge in [-0.2, -0.15) is 0 Å². The number of ketones is 1. The molecule has 3 aliphatic carbocycles. The molecular formula is C17H26O4. The predicted molar refractivity (Wildman–Crippen MR) is 78.4 cm³/mol. The molecule has 3 N–H and O–H groups in total. The zero-order valence-electron chi connectivity index (χ0n) is 12.6. The molecule has 118 valence electrons. The molecule has 3 fully saturated rings. The summed E-state index contributed by atoms with van der Waals surface area (Å²) in [6.45, 7) is 1.83. The molecule has 0 aliphatic heterocycles. The van der Waals surface area contributed by atoms with Crippen molar-refractivity contribution < 1.29 is 20.1 Å². The minimum Gasteiger partial charge on any atom is -0.393 e. The zero-order valence-corrected chi connectivity index (χ0v) is 12.6. The first-order valence-corrected chi connectivity index (χ1v) is 8.26. The summed E-state index contributed by atoms with van der Waals surface area (Å²) in [6, 6.07) is 0. The van der Waals surface area contributed by atoms with Crippen LogP contribution in [0.3, 0.4) is 0 Å². The van der Waals surface area contributed by atoms with Crippen molar-refractivity contribution in [3.05, 3.63) is 12.2 Å². The molecule has 0 aromatic carbocycles. The first kappa shape index (κ1) is 15.2. The third-order valence-corrected chi connectivity index (χ3v) is 6.02. The number of carbonyl (C=O) groups excluding carboxylic acids is 1. The number of fused-ring (bicyclic) bond motifs is 1. The number of hydrogen-bond acceptors (Lipinski definition) is 4. The van der Waals surface area contributed by atoms with E-state index < -0.39 is 17.8 Å². The van der Waals surface area contributed by atoms with Crippen LogP contribution < -0.4 is 0 Å². The highest BCUT2D eigenvalue weighted by Gasteiger charge is 2.63. The lowest BCUT2D eigenvalue weighted by Gasteiger charge is -2.56. The molecule has 0 amide bonds. The molecule has 6 atom stereocenters. The zero-order chi connectivity index (χ0) is 15.2. The molecule has 3 saturated carbocycles. The lowest BCUT2D eigenvalue weighted by Crippen LogP contribution is -2.68. The van der Waals surface area contributed by atoms with Gasteiger partial charge in [0.05, 0.1) is 12.2 Å². The Morgan fingerprint density at radius 2 is 1.95 bits per heavy atom. The fourth-order valence-electron chi connectivity index (χ4n) is 4.73. The molecule has 3 rings (SSSR count). The second-order valence-corrected chi connectivity index (χ2v) is 7.21. The number of rotatable bonds is 3. The maximum Gasteiger partial charge on any atom is 0.167 e. The van der Waals surface area contributed by atoms with E-state index >= 15 is 0 Å². The van der Waals surface area contributed by atoms with Crippen LogP contribution in [0.1, 0.15) is 45.4 Å². The van der Waals surface area contributed by atoms with Gasteiger partial charge in [-0.25, -0.2) is 0 Å². The van der Waals surface area contributed by atoms with Crippen LogP contribution in [0.25, 0.3) is 0 Å². The monoisotopic (exact) mass is 294 g/mol. The molecule has 3 aliphatic rings. The minimum atomic E-state index is -1.24. The van der Waals surface area contributed by atoms with Gasteiger partial charge >= 0.3 is 0 Å². The van der Waals surface area contributed by atoms with Crippen LogP contribution in [-0.2, 0) is 4.79 Å². The standard InChI is InChI=1S/C17H26O4/c1-10-15-12(6-7-13(18)11-4-2-3-5-11)14(19)8-9-17(15,21)16(10)20/h6-7,10-15,18-19,21H,2-5,8-9H2,1H3/t10?,12-,13+,14+,15+,17+/m0/s1. The van der Waals surface area contributed by atoms with Gasteiger partial charge < -0.3 is 15.3 Å². The summed E-state index contributed by atoms with van der Waals surface area (Å²) in [4.78, 5) is 11.9.